The molecule has 2 rings (SSSR count). The molecule has 1 heteroatoms. The molecule has 2 aliphatic rings. The highest BCUT2D eigenvalue weighted by Crippen LogP contribution is 2.48. The fraction of sp³-hybridized carbons (Fsp3) is 0.800. The monoisotopic (exact) mass is 306 g/mol. The van der Waals surface area contributed by atoms with Crippen molar-refractivity contribution >= 4 is 7.92 Å². The van der Waals surface area contributed by atoms with Gasteiger partial charge in [0.15, 0.2) is 0 Å². The minimum atomic E-state index is 0.377. The van der Waals surface area contributed by atoms with Crippen LogP contribution >= 0.6 is 7.92 Å². The third kappa shape index (κ3) is 5.90. The van der Waals surface area contributed by atoms with Gasteiger partial charge in [-0.3, -0.25) is 0 Å². The maximum Gasteiger partial charge on any atom is -0.0291 e. The molecule has 1 heterocycles. The maximum atomic E-state index is 3.87. The lowest BCUT2D eigenvalue weighted by atomic mass is 9.73. The van der Waals surface area contributed by atoms with E-state index >= 15 is 0 Å². The third-order valence-electron chi connectivity index (χ3n) is 5.82. The molecule has 120 valence electrons. The van der Waals surface area contributed by atoms with Crippen molar-refractivity contribution in [3.63, 3.8) is 0 Å². The smallest absolute Gasteiger partial charge is 0.0291 e. The molecular weight excluding hydrogens is 271 g/mol. The first kappa shape index (κ1) is 17.3. The molecule has 0 radical (unpaired) electrons. The van der Waals surface area contributed by atoms with Crippen LogP contribution in [-0.4, -0.2) is 18.5 Å². The van der Waals surface area contributed by atoms with Crippen LogP contribution in [0.3, 0.4) is 0 Å². The zero-order valence-corrected chi connectivity index (χ0v) is 15.0. The van der Waals surface area contributed by atoms with Gasteiger partial charge < -0.3 is 0 Å². The van der Waals surface area contributed by atoms with Crippen LogP contribution in [-0.2, 0) is 0 Å². The molecule has 0 spiro atoms. The fourth-order valence-electron chi connectivity index (χ4n) is 4.37. The number of rotatable bonds is 7. The molecule has 1 saturated heterocycles. The van der Waals surface area contributed by atoms with Crippen LogP contribution in [0.4, 0.5) is 0 Å². The first-order valence-corrected chi connectivity index (χ1v) is 11.2. The van der Waals surface area contributed by atoms with Gasteiger partial charge in [0.05, 0.1) is 0 Å². The number of hydrogen-bond acceptors (Lipinski definition) is 0. The van der Waals surface area contributed by atoms with E-state index in [1.54, 1.807) is 25.2 Å². The molecule has 1 aliphatic carbocycles. The maximum absolute atomic E-state index is 3.87. The number of hydrogen-bond donors (Lipinski definition) is 0. The minimum absolute atomic E-state index is 0.377. The van der Waals surface area contributed by atoms with Crippen LogP contribution in [0, 0.1) is 17.8 Å². The molecule has 0 aromatic carbocycles. The molecule has 0 aromatic heterocycles. The van der Waals surface area contributed by atoms with E-state index in [1.807, 2.05) is 0 Å². The lowest BCUT2D eigenvalue weighted by Crippen LogP contribution is -2.25. The van der Waals surface area contributed by atoms with Crippen molar-refractivity contribution in [2.75, 3.05) is 18.5 Å². The Morgan fingerprint density at radius 3 is 2.24 bits per heavy atom. The van der Waals surface area contributed by atoms with Crippen LogP contribution in [0.5, 0.6) is 0 Å². The molecule has 0 N–H and O–H groups in total. The van der Waals surface area contributed by atoms with Crippen molar-refractivity contribution in [3.8, 4) is 0 Å². The van der Waals surface area contributed by atoms with E-state index in [4.69, 9.17) is 0 Å². The van der Waals surface area contributed by atoms with Crippen LogP contribution in [0.1, 0.15) is 64.7 Å². The Balaban J connectivity index is 1.63. The predicted molar refractivity (Wildman–Crippen MR) is 98.6 cm³/mol. The van der Waals surface area contributed by atoms with Gasteiger partial charge in [-0.2, -0.15) is 0 Å². The highest BCUT2D eigenvalue weighted by molar-refractivity contribution is 7.57. The topological polar surface area (TPSA) is 0 Å². The van der Waals surface area contributed by atoms with Gasteiger partial charge in [0.1, 0.15) is 0 Å². The van der Waals surface area contributed by atoms with Crippen molar-refractivity contribution in [1.82, 2.24) is 0 Å². The van der Waals surface area contributed by atoms with Gasteiger partial charge in [0.25, 0.3) is 0 Å². The fourth-order valence-corrected chi connectivity index (χ4v) is 6.98. The van der Waals surface area contributed by atoms with E-state index in [0.29, 0.717) is 7.92 Å². The van der Waals surface area contributed by atoms with Crippen LogP contribution in [0.2, 0.25) is 0 Å². The van der Waals surface area contributed by atoms with Gasteiger partial charge in [0, 0.05) is 0 Å². The highest BCUT2D eigenvalue weighted by atomic mass is 31.1. The Hall–Kier alpha value is -0.0900. The Bertz CT molecular complexity index is 304. The molecule has 21 heavy (non-hydrogen) atoms. The summed E-state index contributed by atoms with van der Waals surface area (Å²) >= 11 is 0. The molecular formula is C20H35P. The van der Waals surface area contributed by atoms with Crippen LogP contribution in [0.25, 0.3) is 0 Å². The molecule has 0 amide bonds. The summed E-state index contributed by atoms with van der Waals surface area (Å²) in [6, 6.07) is 0. The minimum Gasteiger partial charge on any atom is -0.106 e. The molecule has 1 aliphatic heterocycles. The third-order valence-corrected chi connectivity index (χ3v) is 8.49. The summed E-state index contributed by atoms with van der Waals surface area (Å²) < 4.78 is 0. The summed E-state index contributed by atoms with van der Waals surface area (Å²) in [4.78, 5) is 0. The van der Waals surface area contributed by atoms with Crippen molar-refractivity contribution in [3.05, 3.63) is 24.8 Å². The Labute approximate surface area is 134 Å². The van der Waals surface area contributed by atoms with Gasteiger partial charge in [-0.15, -0.1) is 14.5 Å². The molecule has 0 aromatic rings. The zero-order chi connectivity index (χ0) is 14.9. The molecule has 0 unspecified atom stereocenters. The van der Waals surface area contributed by atoms with E-state index in [-0.39, 0.29) is 0 Å². The Morgan fingerprint density at radius 1 is 0.952 bits per heavy atom. The summed E-state index contributed by atoms with van der Waals surface area (Å²) in [5.74, 6) is 3.20. The summed E-state index contributed by atoms with van der Waals surface area (Å²) in [6.45, 7) is 6.02. The second kappa shape index (κ2) is 9.83. The Kier molecular flexibility index (Phi) is 8.08. The van der Waals surface area contributed by atoms with Gasteiger partial charge in [-0.05, 0) is 88.1 Å². The second-order valence-electron chi connectivity index (χ2n) is 7.18. The average molecular weight is 306 g/mol. The second-order valence-corrected chi connectivity index (χ2v) is 9.87. The summed E-state index contributed by atoms with van der Waals surface area (Å²) in [5, 5.41) is 0. The summed E-state index contributed by atoms with van der Waals surface area (Å²) in [6.07, 6.45) is 24.5. The first-order chi connectivity index (χ1) is 10.3. The van der Waals surface area contributed by atoms with E-state index in [1.165, 1.54) is 51.1 Å². The molecule has 0 atom stereocenters. The molecule has 1 saturated carbocycles. The summed E-state index contributed by atoms with van der Waals surface area (Å²) in [7, 11) is 0.377. The standard InChI is InChI=1S/C20H35P/c1-3-5-7-8-18-9-11-19(12-10-18)20-13-16-21(17-14-20)15-6-4-2/h3-5,18-20H,2,6-17H2,1H3/b5-3+. The largest absolute Gasteiger partial charge is 0.106 e. The van der Waals surface area contributed by atoms with Gasteiger partial charge >= 0.3 is 0 Å². The van der Waals surface area contributed by atoms with Gasteiger partial charge in [-0.25, -0.2) is 0 Å². The SMILES string of the molecule is C=CCCP1CCC(C2CCC(CC/C=C/C)CC2)CC1. The van der Waals surface area contributed by atoms with Crippen LogP contribution in [0.15, 0.2) is 24.8 Å². The first-order valence-electron chi connectivity index (χ1n) is 9.28. The molecule has 0 nitrogen and oxygen atoms in total. The zero-order valence-electron chi connectivity index (χ0n) is 14.1. The number of allylic oxidation sites excluding steroid dienone is 3. The van der Waals surface area contributed by atoms with E-state index in [2.05, 4.69) is 31.7 Å². The summed E-state index contributed by atoms with van der Waals surface area (Å²) in [5.41, 5.74) is 0. The Morgan fingerprint density at radius 2 is 1.62 bits per heavy atom. The molecule has 0 bridgehead atoms. The van der Waals surface area contributed by atoms with Crippen molar-refractivity contribution in [1.29, 1.82) is 0 Å². The van der Waals surface area contributed by atoms with Gasteiger partial charge in [0.2, 0.25) is 0 Å². The average Bonchev–Trinajstić information content (AvgIpc) is 2.54. The van der Waals surface area contributed by atoms with Crippen molar-refractivity contribution in [2.45, 2.75) is 64.7 Å². The normalized spacial score (nSPS) is 34.1. The van der Waals surface area contributed by atoms with E-state index < -0.39 is 0 Å². The van der Waals surface area contributed by atoms with E-state index in [9.17, 15) is 0 Å². The lowest BCUT2D eigenvalue weighted by molar-refractivity contribution is 0.189. The molecule has 2 fully saturated rings. The van der Waals surface area contributed by atoms with Gasteiger partial charge in [-0.1, -0.05) is 31.1 Å². The predicted octanol–water partition coefficient (Wildman–Crippen LogP) is 6.62. The highest BCUT2D eigenvalue weighted by Gasteiger charge is 2.30. The van der Waals surface area contributed by atoms with Crippen molar-refractivity contribution in [2.24, 2.45) is 17.8 Å². The van der Waals surface area contributed by atoms with Crippen LogP contribution < -0.4 is 0 Å². The lowest BCUT2D eigenvalue weighted by Gasteiger charge is -2.38. The van der Waals surface area contributed by atoms with E-state index in [0.717, 1.165) is 17.8 Å². The quantitative estimate of drug-likeness (QED) is 0.366. The van der Waals surface area contributed by atoms with Crippen molar-refractivity contribution < 1.29 is 0 Å².